The van der Waals surface area contributed by atoms with E-state index in [1.807, 2.05) is 0 Å². The lowest BCUT2D eigenvalue weighted by molar-refractivity contribution is -0.109. The average Bonchev–Trinajstić information content (AvgIpc) is 2.89. The second-order valence-corrected chi connectivity index (χ2v) is 6.25. The first-order valence-corrected chi connectivity index (χ1v) is 7.72. The van der Waals surface area contributed by atoms with Gasteiger partial charge in [0.2, 0.25) is 0 Å². The number of aromatic nitrogens is 1. The van der Waals surface area contributed by atoms with Crippen LogP contribution in [0.1, 0.15) is 35.5 Å². The maximum absolute atomic E-state index is 10.9. The smallest absolute Gasteiger partial charge is 0.352 e. The maximum Gasteiger partial charge on any atom is 0.352 e. The molecular weight excluding hydrogens is 306 g/mol. The highest BCUT2D eigenvalue weighted by molar-refractivity contribution is 8.13. The van der Waals surface area contributed by atoms with Crippen molar-refractivity contribution in [1.29, 1.82) is 0 Å². The van der Waals surface area contributed by atoms with E-state index in [1.54, 1.807) is 18.2 Å². The number of nitrogens with one attached hydrogen (secondary N) is 1. The highest BCUT2D eigenvalue weighted by Crippen LogP contribution is 2.25. The second kappa shape index (κ2) is 6.95. The molecule has 2 atom stereocenters. The summed E-state index contributed by atoms with van der Waals surface area (Å²) in [4.78, 5) is 24.5. The number of hydrogen-bond acceptors (Lipinski definition) is 5. The minimum Gasteiger partial charge on any atom is -0.477 e. The van der Waals surface area contributed by atoms with Gasteiger partial charge in [-0.05, 0) is 30.2 Å². The number of fused-ring (bicyclic) bond motifs is 1. The zero-order chi connectivity index (χ0) is 16.3. The van der Waals surface area contributed by atoms with Crippen LogP contribution in [-0.4, -0.2) is 43.2 Å². The summed E-state index contributed by atoms with van der Waals surface area (Å²) >= 11 is 1.10. The molecule has 22 heavy (non-hydrogen) atoms. The summed E-state index contributed by atoms with van der Waals surface area (Å²) in [5, 5.41) is 29.7. The summed E-state index contributed by atoms with van der Waals surface area (Å²) in [6, 6.07) is 6.42. The van der Waals surface area contributed by atoms with E-state index < -0.39 is 18.2 Å². The molecule has 0 aliphatic heterocycles. The largest absolute Gasteiger partial charge is 0.477 e. The number of hydrogen-bond donors (Lipinski definition) is 4. The molecule has 0 saturated heterocycles. The standard InChI is InChI=1S/C15H17NO5S/c1-8(17)22-5-4-13(18)14(19)9-2-3-11-10(6-9)7-12(16-11)15(20)21/h2-3,6-7,13-14,16,18-19H,4-5H2,1H3,(H,20,21). The molecule has 118 valence electrons. The summed E-state index contributed by atoms with van der Waals surface area (Å²) in [5.74, 6) is -0.622. The quantitative estimate of drug-likeness (QED) is 0.646. The van der Waals surface area contributed by atoms with Gasteiger partial charge in [0.1, 0.15) is 11.8 Å². The molecule has 2 rings (SSSR count). The normalized spacial score (nSPS) is 14.0. The molecule has 6 nitrogen and oxygen atoms in total. The molecule has 7 heteroatoms. The Morgan fingerprint density at radius 2 is 2.00 bits per heavy atom. The molecule has 1 aromatic heterocycles. The molecule has 0 saturated carbocycles. The van der Waals surface area contributed by atoms with Crippen LogP contribution in [0, 0.1) is 0 Å². The van der Waals surface area contributed by atoms with Crippen LogP contribution in [0.15, 0.2) is 24.3 Å². The molecule has 2 aromatic rings. The van der Waals surface area contributed by atoms with Crippen LogP contribution in [0.25, 0.3) is 10.9 Å². The van der Waals surface area contributed by atoms with Gasteiger partial charge in [-0.2, -0.15) is 0 Å². The number of carbonyl (C=O) groups excluding carboxylic acids is 1. The predicted octanol–water partition coefficient (Wildman–Crippen LogP) is 1.93. The minimum absolute atomic E-state index is 0.0309. The van der Waals surface area contributed by atoms with Gasteiger partial charge < -0.3 is 20.3 Å². The molecule has 2 unspecified atom stereocenters. The van der Waals surface area contributed by atoms with Crippen molar-refractivity contribution in [3.05, 3.63) is 35.5 Å². The third-order valence-electron chi connectivity index (χ3n) is 3.30. The minimum atomic E-state index is -1.08. The van der Waals surface area contributed by atoms with E-state index in [-0.39, 0.29) is 17.2 Å². The van der Waals surface area contributed by atoms with Crippen LogP contribution in [0.3, 0.4) is 0 Å². The molecule has 1 heterocycles. The van der Waals surface area contributed by atoms with Gasteiger partial charge in [0.25, 0.3) is 0 Å². The van der Waals surface area contributed by atoms with Crippen LogP contribution in [-0.2, 0) is 4.79 Å². The Morgan fingerprint density at radius 1 is 1.27 bits per heavy atom. The fourth-order valence-corrected chi connectivity index (χ4v) is 2.80. The van der Waals surface area contributed by atoms with Gasteiger partial charge >= 0.3 is 5.97 Å². The molecule has 0 aliphatic rings. The monoisotopic (exact) mass is 323 g/mol. The summed E-state index contributed by atoms with van der Waals surface area (Å²) in [6.45, 7) is 1.45. The van der Waals surface area contributed by atoms with E-state index in [0.29, 0.717) is 22.2 Å². The summed E-state index contributed by atoms with van der Waals surface area (Å²) in [7, 11) is 0. The van der Waals surface area contributed by atoms with E-state index >= 15 is 0 Å². The van der Waals surface area contributed by atoms with Crippen molar-refractivity contribution in [2.45, 2.75) is 25.6 Å². The van der Waals surface area contributed by atoms with Crippen molar-refractivity contribution in [2.24, 2.45) is 0 Å². The van der Waals surface area contributed by atoms with Gasteiger partial charge in [0.05, 0.1) is 6.10 Å². The van der Waals surface area contributed by atoms with Gasteiger partial charge in [-0.15, -0.1) is 0 Å². The van der Waals surface area contributed by atoms with Gasteiger partial charge in [-0.25, -0.2) is 4.79 Å². The fraction of sp³-hybridized carbons (Fsp3) is 0.333. The molecule has 0 bridgehead atoms. The molecule has 0 fully saturated rings. The van der Waals surface area contributed by atoms with E-state index in [9.17, 15) is 19.8 Å². The Bertz CT molecular complexity index is 696. The highest BCUT2D eigenvalue weighted by Gasteiger charge is 2.19. The number of carboxylic acid groups (broad SMARTS) is 1. The van der Waals surface area contributed by atoms with Crippen molar-refractivity contribution < 1.29 is 24.9 Å². The SMILES string of the molecule is CC(=O)SCCC(O)C(O)c1ccc2[nH]c(C(=O)O)cc2c1. The van der Waals surface area contributed by atoms with E-state index in [4.69, 9.17) is 5.11 Å². The van der Waals surface area contributed by atoms with Gasteiger partial charge in [-0.3, -0.25) is 4.79 Å². The van der Waals surface area contributed by atoms with Crippen LogP contribution in [0.5, 0.6) is 0 Å². The second-order valence-electron chi connectivity index (χ2n) is 4.98. The van der Waals surface area contributed by atoms with E-state index in [1.165, 1.54) is 13.0 Å². The number of thioether (sulfide) groups is 1. The number of aliphatic hydroxyl groups excluding tert-OH is 2. The number of rotatable bonds is 6. The van der Waals surface area contributed by atoms with Crippen molar-refractivity contribution in [1.82, 2.24) is 4.98 Å². The molecule has 0 aliphatic carbocycles. The molecule has 4 N–H and O–H groups in total. The summed E-state index contributed by atoms with van der Waals surface area (Å²) in [6.07, 6.45) is -1.78. The van der Waals surface area contributed by atoms with E-state index in [0.717, 1.165) is 11.8 Å². The number of aliphatic hydroxyl groups is 2. The third-order valence-corrected chi connectivity index (χ3v) is 4.15. The Hall–Kier alpha value is -1.83. The Labute approximate surface area is 131 Å². The molecular formula is C15H17NO5S. The number of H-pyrrole nitrogens is 1. The molecule has 0 spiro atoms. The first-order valence-electron chi connectivity index (χ1n) is 6.74. The number of aromatic carboxylic acids is 1. The number of aromatic amines is 1. The molecule has 1 aromatic carbocycles. The number of benzene rings is 1. The Balaban J connectivity index is 2.11. The Kier molecular flexibility index (Phi) is 5.23. The first-order chi connectivity index (χ1) is 10.4. The molecule has 0 radical (unpaired) electrons. The maximum atomic E-state index is 10.9. The van der Waals surface area contributed by atoms with Crippen LogP contribution in [0.4, 0.5) is 0 Å². The van der Waals surface area contributed by atoms with E-state index in [2.05, 4.69) is 4.98 Å². The average molecular weight is 323 g/mol. The van der Waals surface area contributed by atoms with Crippen LogP contribution >= 0.6 is 11.8 Å². The van der Waals surface area contributed by atoms with Gasteiger partial charge in [0.15, 0.2) is 5.12 Å². The lowest BCUT2D eigenvalue weighted by atomic mass is 10.0. The van der Waals surface area contributed by atoms with Gasteiger partial charge in [-0.1, -0.05) is 17.8 Å². The third kappa shape index (κ3) is 3.88. The van der Waals surface area contributed by atoms with Crippen LogP contribution in [0.2, 0.25) is 0 Å². The molecule has 0 amide bonds. The highest BCUT2D eigenvalue weighted by atomic mass is 32.2. The lowest BCUT2D eigenvalue weighted by Crippen LogP contribution is -2.19. The first kappa shape index (κ1) is 16.5. The zero-order valence-corrected chi connectivity index (χ0v) is 12.8. The lowest BCUT2D eigenvalue weighted by Gasteiger charge is -2.17. The van der Waals surface area contributed by atoms with Crippen molar-refractivity contribution in [3.8, 4) is 0 Å². The Morgan fingerprint density at radius 3 is 2.64 bits per heavy atom. The predicted molar refractivity (Wildman–Crippen MR) is 84.0 cm³/mol. The number of carbonyl (C=O) groups is 2. The fourth-order valence-electron chi connectivity index (χ4n) is 2.15. The summed E-state index contributed by atoms with van der Waals surface area (Å²) < 4.78 is 0. The number of carboxylic acids is 1. The zero-order valence-electron chi connectivity index (χ0n) is 11.9. The van der Waals surface area contributed by atoms with Crippen molar-refractivity contribution in [2.75, 3.05) is 5.75 Å². The van der Waals surface area contributed by atoms with Crippen LogP contribution < -0.4 is 0 Å². The topological polar surface area (TPSA) is 111 Å². The summed E-state index contributed by atoms with van der Waals surface area (Å²) in [5.41, 5.74) is 1.22. The van der Waals surface area contributed by atoms with Crippen molar-refractivity contribution in [3.63, 3.8) is 0 Å². The van der Waals surface area contributed by atoms with Crippen molar-refractivity contribution >= 4 is 33.7 Å². The van der Waals surface area contributed by atoms with Gasteiger partial charge in [0, 0.05) is 23.6 Å².